The second-order valence-electron chi connectivity index (χ2n) is 5.45. The van der Waals surface area contributed by atoms with Crippen molar-refractivity contribution in [2.75, 3.05) is 11.9 Å². The average Bonchev–Trinajstić information content (AvgIpc) is 2.95. The van der Waals surface area contributed by atoms with Crippen LogP contribution in [0.3, 0.4) is 0 Å². The first-order chi connectivity index (χ1) is 11.5. The lowest BCUT2D eigenvalue weighted by Gasteiger charge is -2.14. The fourth-order valence-electron chi connectivity index (χ4n) is 2.15. The van der Waals surface area contributed by atoms with Crippen molar-refractivity contribution < 1.29 is 4.79 Å². The number of rotatable bonds is 8. The molecule has 3 nitrogen and oxygen atoms in total. The summed E-state index contributed by atoms with van der Waals surface area (Å²) >= 11 is 19.4. The molecule has 0 bridgehead atoms. The van der Waals surface area contributed by atoms with Crippen molar-refractivity contribution in [3.63, 3.8) is 0 Å². The van der Waals surface area contributed by atoms with E-state index in [9.17, 15) is 4.79 Å². The first-order valence-electron chi connectivity index (χ1n) is 7.69. The molecule has 0 aliphatic heterocycles. The van der Waals surface area contributed by atoms with Crippen molar-refractivity contribution in [2.24, 2.45) is 0 Å². The number of anilines is 1. The third-order valence-corrected chi connectivity index (χ3v) is 5.35. The molecule has 0 radical (unpaired) electrons. The first-order valence-corrected chi connectivity index (χ1v) is 9.64. The van der Waals surface area contributed by atoms with Gasteiger partial charge in [0.1, 0.15) is 0 Å². The van der Waals surface area contributed by atoms with Gasteiger partial charge in [0.2, 0.25) is 5.91 Å². The van der Waals surface area contributed by atoms with Gasteiger partial charge >= 0.3 is 0 Å². The van der Waals surface area contributed by atoms with Crippen molar-refractivity contribution in [1.82, 2.24) is 5.32 Å². The Balaban J connectivity index is 1.67. The molecule has 1 atom stereocenters. The lowest BCUT2D eigenvalue weighted by Crippen LogP contribution is -2.38. The van der Waals surface area contributed by atoms with E-state index in [-0.39, 0.29) is 11.9 Å². The van der Waals surface area contributed by atoms with Crippen LogP contribution < -0.4 is 10.6 Å². The van der Waals surface area contributed by atoms with E-state index in [0.717, 1.165) is 30.1 Å². The highest BCUT2D eigenvalue weighted by atomic mass is 35.5. The molecule has 130 valence electrons. The van der Waals surface area contributed by atoms with Crippen LogP contribution in [0.4, 0.5) is 5.69 Å². The van der Waals surface area contributed by atoms with Crippen molar-refractivity contribution >= 4 is 57.7 Å². The van der Waals surface area contributed by atoms with Gasteiger partial charge in [-0.2, -0.15) is 0 Å². The number of unbranched alkanes of at least 4 members (excludes halogenated alkanes) is 1. The van der Waals surface area contributed by atoms with Gasteiger partial charge in [0.25, 0.3) is 0 Å². The molecule has 2 rings (SSSR count). The molecule has 1 unspecified atom stereocenters. The molecular formula is C17H19Cl3N2OS. The van der Waals surface area contributed by atoms with Crippen LogP contribution in [0.1, 0.15) is 24.6 Å². The van der Waals surface area contributed by atoms with Crippen LogP contribution in [0.5, 0.6) is 0 Å². The molecule has 24 heavy (non-hydrogen) atoms. The molecule has 0 aliphatic rings. The third-order valence-electron chi connectivity index (χ3n) is 3.51. The number of amides is 1. The second-order valence-corrected chi connectivity index (χ2v) is 8.10. The minimum absolute atomic E-state index is 0.121. The van der Waals surface area contributed by atoms with E-state index in [4.69, 9.17) is 34.8 Å². The summed E-state index contributed by atoms with van der Waals surface area (Å²) in [7, 11) is 0. The number of thiophene rings is 1. The van der Waals surface area contributed by atoms with E-state index in [2.05, 4.69) is 16.7 Å². The van der Waals surface area contributed by atoms with Gasteiger partial charge < -0.3 is 10.6 Å². The monoisotopic (exact) mass is 404 g/mol. The molecular weight excluding hydrogens is 387 g/mol. The van der Waals surface area contributed by atoms with E-state index in [1.54, 1.807) is 29.5 Å². The zero-order chi connectivity index (χ0) is 17.5. The summed E-state index contributed by atoms with van der Waals surface area (Å²) in [5.41, 5.74) is 0.564. The standard InChI is InChI=1S/C17H19Cl3N2OS/c1-11(17(23)22-15-7-5-12(18)10-14(15)19)21-9-3-2-4-13-6-8-16(20)24-13/h5-8,10-11,21H,2-4,9H2,1H3,(H,22,23). The van der Waals surface area contributed by atoms with Gasteiger partial charge in [0.15, 0.2) is 0 Å². The van der Waals surface area contributed by atoms with Crippen LogP contribution in [0.15, 0.2) is 30.3 Å². The number of hydrogen-bond donors (Lipinski definition) is 2. The molecule has 0 saturated heterocycles. The molecule has 0 fully saturated rings. The van der Waals surface area contributed by atoms with Crippen molar-refractivity contribution in [3.8, 4) is 0 Å². The Morgan fingerprint density at radius 3 is 2.62 bits per heavy atom. The molecule has 1 aromatic carbocycles. The SMILES string of the molecule is CC(NCCCCc1ccc(Cl)s1)C(=O)Nc1ccc(Cl)cc1Cl. The van der Waals surface area contributed by atoms with E-state index < -0.39 is 0 Å². The number of hydrogen-bond acceptors (Lipinski definition) is 3. The topological polar surface area (TPSA) is 41.1 Å². The predicted molar refractivity (Wildman–Crippen MR) is 105 cm³/mol. The largest absolute Gasteiger partial charge is 0.323 e. The lowest BCUT2D eigenvalue weighted by atomic mass is 10.2. The second kappa shape index (κ2) is 9.64. The average molecular weight is 406 g/mol. The molecule has 1 heterocycles. The maximum Gasteiger partial charge on any atom is 0.241 e. The fraction of sp³-hybridized carbons (Fsp3) is 0.353. The number of aryl methyl sites for hydroxylation is 1. The van der Waals surface area contributed by atoms with Crippen LogP contribution in [0, 0.1) is 0 Å². The summed E-state index contributed by atoms with van der Waals surface area (Å²) in [5.74, 6) is -0.121. The van der Waals surface area contributed by atoms with Gasteiger partial charge in [-0.05, 0) is 63.1 Å². The van der Waals surface area contributed by atoms with E-state index >= 15 is 0 Å². The van der Waals surface area contributed by atoms with Gasteiger partial charge in [-0.3, -0.25) is 4.79 Å². The zero-order valence-electron chi connectivity index (χ0n) is 13.2. The smallest absolute Gasteiger partial charge is 0.241 e. The number of carbonyl (C=O) groups is 1. The maximum absolute atomic E-state index is 12.2. The Hall–Kier alpha value is -0.780. The molecule has 2 N–H and O–H groups in total. The van der Waals surface area contributed by atoms with Gasteiger partial charge in [-0.25, -0.2) is 0 Å². The van der Waals surface area contributed by atoms with Gasteiger partial charge in [0.05, 0.1) is 21.1 Å². The summed E-state index contributed by atoms with van der Waals surface area (Å²) in [6.07, 6.45) is 3.07. The Labute approximate surface area is 161 Å². The highest BCUT2D eigenvalue weighted by Gasteiger charge is 2.13. The molecule has 1 amide bonds. The number of halogens is 3. The molecule has 1 aromatic heterocycles. The van der Waals surface area contributed by atoms with E-state index in [1.807, 2.05) is 13.0 Å². The number of carbonyl (C=O) groups excluding carboxylic acids is 1. The minimum atomic E-state index is -0.298. The highest BCUT2D eigenvalue weighted by molar-refractivity contribution is 7.16. The molecule has 0 aliphatic carbocycles. The molecule has 0 saturated carbocycles. The summed E-state index contributed by atoms with van der Waals surface area (Å²) in [6, 6.07) is 8.68. The molecule has 0 spiro atoms. The van der Waals surface area contributed by atoms with Gasteiger partial charge in [-0.15, -0.1) is 11.3 Å². The maximum atomic E-state index is 12.2. The fourth-order valence-corrected chi connectivity index (χ4v) is 3.74. The number of benzene rings is 1. The van der Waals surface area contributed by atoms with Crippen molar-refractivity contribution in [3.05, 3.63) is 49.6 Å². The first kappa shape index (κ1) is 19.5. The van der Waals surface area contributed by atoms with E-state index in [0.29, 0.717) is 15.7 Å². The zero-order valence-corrected chi connectivity index (χ0v) is 16.3. The molecule has 2 aromatic rings. The summed E-state index contributed by atoms with van der Waals surface area (Å²) < 4.78 is 0.828. The quantitative estimate of drug-likeness (QED) is 0.557. The molecule has 7 heteroatoms. The van der Waals surface area contributed by atoms with Crippen molar-refractivity contribution in [2.45, 2.75) is 32.2 Å². The van der Waals surface area contributed by atoms with Gasteiger partial charge in [0, 0.05) is 9.90 Å². The van der Waals surface area contributed by atoms with Crippen LogP contribution in [0.2, 0.25) is 14.4 Å². The van der Waals surface area contributed by atoms with Crippen LogP contribution in [-0.2, 0) is 11.2 Å². The normalized spacial score (nSPS) is 12.2. The highest BCUT2D eigenvalue weighted by Crippen LogP contribution is 2.25. The summed E-state index contributed by atoms with van der Waals surface area (Å²) in [4.78, 5) is 13.5. The summed E-state index contributed by atoms with van der Waals surface area (Å²) in [6.45, 7) is 2.61. The van der Waals surface area contributed by atoms with Crippen LogP contribution in [0.25, 0.3) is 0 Å². The Morgan fingerprint density at radius 2 is 1.96 bits per heavy atom. The number of nitrogens with one attached hydrogen (secondary N) is 2. The Morgan fingerprint density at radius 1 is 1.17 bits per heavy atom. The third kappa shape index (κ3) is 6.26. The summed E-state index contributed by atoms with van der Waals surface area (Å²) in [5, 5.41) is 6.99. The Bertz CT molecular complexity index is 690. The van der Waals surface area contributed by atoms with Crippen LogP contribution >= 0.6 is 46.1 Å². The van der Waals surface area contributed by atoms with Crippen LogP contribution in [-0.4, -0.2) is 18.5 Å². The minimum Gasteiger partial charge on any atom is -0.323 e. The lowest BCUT2D eigenvalue weighted by molar-refractivity contribution is -0.117. The van der Waals surface area contributed by atoms with E-state index in [1.165, 1.54) is 4.88 Å². The Kier molecular flexibility index (Phi) is 7.85. The van der Waals surface area contributed by atoms with Gasteiger partial charge in [-0.1, -0.05) is 34.8 Å². The predicted octanol–water partition coefficient (Wildman–Crippen LogP) is 5.65. The van der Waals surface area contributed by atoms with Crippen molar-refractivity contribution in [1.29, 1.82) is 0 Å².